The second kappa shape index (κ2) is 4.86. The van der Waals surface area contributed by atoms with Gasteiger partial charge in [0, 0.05) is 6.04 Å². The van der Waals surface area contributed by atoms with Gasteiger partial charge in [-0.3, -0.25) is 0 Å². The van der Waals surface area contributed by atoms with Crippen LogP contribution in [0.25, 0.3) is 0 Å². The first-order valence-electron chi connectivity index (χ1n) is 5.49. The third-order valence-corrected chi connectivity index (χ3v) is 3.33. The van der Waals surface area contributed by atoms with Crippen LogP contribution in [0, 0.1) is 11.8 Å². The molecule has 1 atom stereocenters. The topological polar surface area (TPSA) is 26.0 Å². The highest BCUT2D eigenvalue weighted by molar-refractivity contribution is 4.77. The van der Waals surface area contributed by atoms with Crippen molar-refractivity contribution in [2.45, 2.75) is 58.4 Å². The largest absolute Gasteiger partial charge is 0.328 e. The molecule has 1 rings (SSSR count). The molecule has 1 aliphatic carbocycles. The van der Waals surface area contributed by atoms with Crippen LogP contribution >= 0.6 is 0 Å². The summed E-state index contributed by atoms with van der Waals surface area (Å²) >= 11 is 0. The van der Waals surface area contributed by atoms with E-state index in [2.05, 4.69) is 13.8 Å². The Morgan fingerprint density at radius 1 is 1.25 bits per heavy atom. The molecule has 0 spiro atoms. The number of hydrogen-bond donors (Lipinski definition) is 1. The standard InChI is InChI=1S/C11H23N/c1-3-4-10-5-7-11(8-6-10)9(2)12/h9-11H,3-8,12H2,1-2H3/t9-,10?,11?/m1/s1. The summed E-state index contributed by atoms with van der Waals surface area (Å²) in [7, 11) is 0. The zero-order valence-corrected chi connectivity index (χ0v) is 8.55. The maximum absolute atomic E-state index is 5.89. The molecule has 0 aliphatic heterocycles. The van der Waals surface area contributed by atoms with Gasteiger partial charge in [-0.2, -0.15) is 0 Å². The Morgan fingerprint density at radius 3 is 2.25 bits per heavy atom. The van der Waals surface area contributed by atoms with Gasteiger partial charge in [0.05, 0.1) is 0 Å². The van der Waals surface area contributed by atoms with Gasteiger partial charge in [0.2, 0.25) is 0 Å². The summed E-state index contributed by atoms with van der Waals surface area (Å²) in [5, 5.41) is 0. The highest BCUT2D eigenvalue weighted by Gasteiger charge is 2.22. The molecule has 1 heteroatoms. The summed E-state index contributed by atoms with van der Waals surface area (Å²) in [5.74, 6) is 1.84. The second-order valence-corrected chi connectivity index (χ2v) is 4.43. The van der Waals surface area contributed by atoms with Crippen LogP contribution in [0.15, 0.2) is 0 Å². The van der Waals surface area contributed by atoms with Gasteiger partial charge >= 0.3 is 0 Å². The Morgan fingerprint density at radius 2 is 1.83 bits per heavy atom. The van der Waals surface area contributed by atoms with Crippen LogP contribution < -0.4 is 5.73 Å². The molecular weight excluding hydrogens is 146 g/mol. The average Bonchev–Trinajstić information content (AvgIpc) is 2.06. The van der Waals surface area contributed by atoms with Gasteiger partial charge in [0.25, 0.3) is 0 Å². The number of rotatable bonds is 3. The van der Waals surface area contributed by atoms with Gasteiger partial charge in [-0.25, -0.2) is 0 Å². The van der Waals surface area contributed by atoms with Crippen molar-refractivity contribution in [1.82, 2.24) is 0 Å². The minimum absolute atomic E-state index is 0.424. The molecule has 1 saturated carbocycles. The van der Waals surface area contributed by atoms with Crippen molar-refractivity contribution in [2.24, 2.45) is 17.6 Å². The SMILES string of the molecule is CCCC1CCC([C@@H](C)N)CC1. The molecule has 0 bridgehead atoms. The Hall–Kier alpha value is -0.0400. The van der Waals surface area contributed by atoms with Crippen LogP contribution in [0.3, 0.4) is 0 Å². The molecule has 12 heavy (non-hydrogen) atoms. The molecule has 0 heterocycles. The van der Waals surface area contributed by atoms with Crippen LogP contribution in [0.4, 0.5) is 0 Å². The van der Waals surface area contributed by atoms with Crippen molar-refractivity contribution in [2.75, 3.05) is 0 Å². The molecule has 0 aromatic carbocycles. The zero-order chi connectivity index (χ0) is 8.97. The fraction of sp³-hybridized carbons (Fsp3) is 1.00. The lowest BCUT2D eigenvalue weighted by atomic mass is 9.78. The molecule has 2 N–H and O–H groups in total. The highest BCUT2D eigenvalue weighted by Crippen LogP contribution is 2.32. The van der Waals surface area contributed by atoms with Crippen molar-refractivity contribution in [3.63, 3.8) is 0 Å². The summed E-state index contributed by atoms with van der Waals surface area (Å²) in [4.78, 5) is 0. The van der Waals surface area contributed by atoms with Gasteiger partial charge in [0.15, 0.2) is 0 Å². The Labute approximate surface area is 76.7 Å². The van der Waals surface area contributed by atoms with E-state index < -0.39 is 0 Å². The Kier molecular flexibility index (Phi) is 4.07. The van der Waals surface area contributed by atoms with E-state index in [1.54, 1.807) is 0 Å². The van der Waals surface area contributed by atoms with Crippen molar-refractivity contribution in [1.29, 1.82) is 0 Å². The van der Waals surface area contributed by atoms with Crippen molar-refractivity contribution in [3.05, 3.63) is 0 Å². The normalized spacial score (nSPS) is 33.2. The van der Waals surface area contributed by atoms with Gasteiger partial charge < -0.3 is 5.73 Å². The quantitative estimate of drug-likeness (QED) is 0.690. The third-order valence-electron chi connectivity index (χ3n) is 3.33. The lowest BCUT2D eigenvalue weighted by molar-refractivity contribution is 0.240. The molecule has 0 aromatic rings. The summed E-state index contributed by atoms with van der Waals surface area (Å²) < 4.78 is 0. The van der Waals surface area contributed by atoms with Gasteiger partial charge in [-0.05, 0) is 31.6 Å². The fourth-order valence-electron chi connectivity index (χ4n) is 2.41. The molecule has 0 aromatic heterocycles. The van der Waals surface area contributed by atoms with E-state index in [4.69, 9.17) is 5.73 Å². The average molecular weight is 169 g/mol. The molecule has 0 saturated heterocycles. The molecule has 0 amide bonds. The molecule has 1 fully saturated rings. The first-order valence-corrected chi connectivity index (χ1v) is 5.49. The molecule has 0 radical (unpaired) electrons. The maximum atomic E-state index is 5.89. The van der Waals surface area contributed by atoms with E-state index in [-0.39, 0.29) is 0 Å². The predicted molar refractivity (Wildman–Crippen MR) is 54.0 cm³/mol. The maximum Gasteiger partial charge on any atom is 0.00387 e. The summed E-state index contributed by atoms with van der Waals surface area (Å²) in [6.07, 6.45) is 8.41. The highest BCUT2D eigenvalue weighted by atomic mass is 14.6. The van der Waals surface area contributed by atoms with E-state index in [0.29, 0.717) is 6.04 Å². The first kappa shape index (κ1) is 10.0. The molecular formula is C11H23N. The van der Waals surface area contributed by atoms with E-state index >= 15 is 0 Å². The van der Waals surface area contributed by atoms with Crippen LogP contribution in [0.2, 0.25) is 0 Å². The van der Waals surface area contributed by atoms with Gasteiger partial charge in [-0.15, -0.1) is 0 Å². The van der Waals surface area contributed by atoms with Crippen LogP contribution in [0.5, 0.6) is 0 Å². The Balaban J connectivity index is 2.20. The lowest BCUT2D eigenvalue weighted by Gasteiger charge is -2.30. The number of nitrogens with two attached hydrogens (primary N) is 1. The summed E-state index contributed by atoms with van der Waals surface area (Å²) in [6, 6.07) is 0.424. The van der Waals surface area contributed by atoms with Crippen LogP contribution in [-0.4, -0.2) is 6.04 Å². The molecule has 1 aliphatic rings. The van der Waals surface area contributed by atoms with E-state index in [0.717, 1.165) is 11.8 Å². The van der Waals surface area contributed by atoms with Crippen molar-refractivity contribution in [3.8, 4) is 0 Å². The molecule has 72 valence electrons. The van der Waals surface area contributed by atoms with Gasteiger partial charge in [-0.1, -0.05) is 32.6 Å². The smallest absolute Gasteiger partial charge is 0.00387 e. The number of hydrogen-bond acceptors (Lipinski definition) is 1. The lowest BCUT2D eigenvalue weighted by Crippen LogP contribution is -2.30. The minimum Gasteiger partial charge on any atom is -0.328 e. The third kappa shape index (κ3) is 2.78. The minimum atomic E-state index is 0.424. The van der Waals surface area contributed by atoms with Crippen LogP contribution in [0.1, 0.15) is 52.4 Å². The summed E-state index contributed by atoms with van der Waals surface area (Å²) in [6.45, 7) is 4.45. The molecule has 0 unspecified atom stereocenters. The van der Waals surface area contributed by atoms with E-state index in [9.17, 15) is 0 Å². The Bertz CT molecular complexity index is 112. The predicted octanol–water partition coefficient (Wildman–Crippen LogP) is 2.94. The fourth-order valence-corrected chi connectivity index (χ4v) is 2.41. The van der Waals surface area contributed by atoms with E-state index in [1.807, 2.05) is 0 Å². The second-order valence-electron chi connectivity index (χ2n) is 4.43. The van der Waals surface area contributed by atoms with Crippen molar-refractivity contribution < 1.29 is 0 Å². The zero-order valence-electron chi connectivity index (χ0n) is 8.55. The van der Waals surface area contributed by atoms with Crippen LogP contribution in [-0.2, 0) is 0 Å². The molecule has 1 nitrogen and oxygen atoms in total. The monoisotopic (exact) mass is 169 g/mol. The van der Waals surface area contributed by atoms with Gasteiger partial charge in [0.1, 0.15) is 0 Å². The summed E-state index contributed by atoms with van der Waals surface area (Å²) in [5.41, 5.74) is 5.89. The van der Waals surface area contributed by atoms with E-state index in [1.165, 1.54) is 38.5 Å². The van der Waals surface area contributed by atoms with Crippen molar-refractivity contribution >= 4 is 0 Å². The first-order chi connectivity index (χ1) is 5.74.